The Balaban J connectivity index is 2.43. The third-order valence-electron chi connectivity index (χ3n) is 2.64. The Hall–Kier alpha value is -1.43. The summed E-state index contributed by atoms with van der Waals surface area (Å²) in [5.74, 6) is 0.0613. The van der Waals surface area contributed by atoms with E-state index in [4.69, 9.17) is 23.2 Å². The highest BCUT2D eigenvalue weighted by atomic mass is 35.5. The molecule has 0 atom stereocenters. The summed E-state index contributed by atoms with van der Waals surface area (Å²) in [6.45, 7) is 1.68. The fourth-order valence-corrected chi connectivity index (χ4v) is 3.54. The zero-order chi connectivity index (χ0) is 14.9. The molecule has 0 amide bonds. The van der Waals surface area contributed by atoms with Crippen molar-refractivity contribution in [1.29, 1.82) is 0 Å². The first kappa shape index (κ1) is 15.0. The fraction of sp³-hybridized carbons (Fsp3) is 0.0769. The highest BCUT2D eigenvalue weighted by Crippen LogP contribution is 2.28. The quantitative estimate of drug-likeness (QED) is 0.840. The molecule has 0 unspecified atom stereocenters. The molecule has 0 radical (unpaired) electrons. The molecule has 2 rings (SSSR count). The minimum atomic E-state index is -3.85. The SMILES string of the molecule is Cc1cc(O)ccc1NS(=O)(=O)c1cc(Cl)ccc1Cl. The van der Waals surface area contributed by atoms with E-state index in [0.717, 1.165) is 0 Å². The monoisotopic (exact) mass is 331 g/mol. The highest BCUT2D eigenvalue weighted by Gasteiger charge is 2.19. The summed E-state index contributed by atoms with van der Waals surface area (Å²) in [5.41, 5.74) is 0.950. The van der Waals surface area contributed by atoms with Crippen molar-refractivity contribution in [3.63, 3.8) is 0 Å². The number of aryl methyl sites for hydroxylation is 1. The van der Waals surface area contributed by atoms with E-state index in [9.17, 15) is 13.5 Å². The highest BCUT2D eigenvalue weighted by molar-refractivity contribution is 7.92. The van der Waals surface area contributed by atoms with Gasteiger partial charge in [-0.1, -0.05) is 23.2 Å². The van der Waals surface area contributed by atoms with Crippen LogP contribution in [0.1, 0.15) is 5.56 Å². The molecule has 7 heteroatoms. The summed E-state index contributed by atoms with van der Waals surface area (Å²) in [5, 5.41) is 9.67. The fourth-order valence-electron chi connectivity index (χ4n) is 1.65. The molecule has 0 spiro atoms. The molecule has 0 fully saturated rings. The normalized spacial score (nSPS) is 11.3. The van der Waals surface area contributed by atoms with Gasteiger partial charge in [0.05, 0.1) is 10.7 Å². The molecule has 0 aliphatic heterocycles. The number of nitrogens with one attached hydrogen (secondary N) is 1. The average Bonchev–Trinajstić information content (AvgIpc) is 2.35. The molecule has 0 saturated carbocycles. The lowest BCUT2D eigenvalue weighted by atomic mass is 10.2. The maximum Gasteiger partial charge on any atom is 0.263 e. The van der Waals surface area contributed by atoms with Crippen molar-refractivity contribution < 1.29 is 13.5 Å². The Morgan fingerprint density at radius 2 is 1.80 bits per heavy atom. The summed E-state index contributed by atoms with van der Waals surface area (Å²) in [6, 6.07) is 8.53. The van der Waals surface area contributed by atoms with Crippen LogP contribution in [0.3, 0.4) is 0 Å². The molecule has 2 aromatic rings. The minimum absolute atomic E-state index is 0.0613. The van der Waals surface area contributed by atoms with E-state index >= 15 is 0 Å². The van der Waals surface area contributed by atoms with Crippen molar-refractivity contribution in [2.75, 3.05) is 4.72 Å². The standard InChI is InChI=1S/C13H11Cl2NO3S/c1-8-6-10(17)3-5-12(8)16-20(18,19)13-7-9(14)2-4-11(13)15/h2-7,16-17H,1H3. The van der Waals surface area contributed by atoms with Crippen LogP contribution in [0, 0.1) is 6.92 Å². The van der Waals surface area contributed by atoms with Gasteiger partial charge in [-0.15, -0.1) is 0 Å². The Labute approximate surface area is 127 Å². The molecule has 2 N–H and O–H groups in total. The second kappa shape index (κ2) is 5.52. The Kier molecular flexibility index (Phi) is 4.13. The Morgan fingerprint density at radius 1 is 1.10 bits per heavy atom. The predicted octanol–water partition coefficient (Wildman–Crippen LogP) is 3.81. The van der Waals surface area contributed by atoms with Gasteiger partial charge in [-0.3, -0.25) is 4.72 Å². The van der Waals surface area contributed by atoms with Gasteiger partial charge in [-0.25, -0.2) is 8.42 Å². The lowest BCUT2D eigenvalue weighted by Crippen LogP contribution is -2.14. The molecule has 20 heavy (non-hydrogen) atoms. The maximum absolute atomic E-state index is 12.3. The molecule has 0 aliphatic rings. The van der Waals surface area contributed by atoms with Crippen LogP contribution in [0.4, 0.5) is 5.69 Å². The van der Waals surface area contributed by atoms with Crippen LogP contribution in [0.25, 0.3) is 0 Å². The number of rotatable bonds is 3. The molecule has 2 aromatic carbocycles. The van der Waals surface area contributed by atoms with Crippen LogP contribution in [0.2, 0.25) is 10.0 Å². The summed E-state index contributed by atoms with van der Waals surface area (Å²) < 4.78 is 27.0. The van der Waals surface area contributed by atoms with Crippen LogP contribution in [0.15, 0.2) is 41.3 Å². The topological polar surface area (TPSA) is 66.4 Å². The molecule has 0 aromatic heterocycles. The van der Waals surface area contributed by atoms with Crippen LogP contribution in [0.5, 0.6) is 5.75 Å². The van der Waals surface area contributed by atoms with Crippen LogP contribution in [-0.4, -0.2) is 13.5 Å². The van der Waals surface area contributed by atoms with Crippen molar-refractivity contribution in [3.8, 4) is 5.75 Å². The first-order valence-corrected chi connectivity index (χ1v) is 7.81. The molecule has 0 heterocycles. The number of sulfonamides is 1. The number of hydrogen-bond donors (Lipinski definition) is 2. The van der Waals surface area contributed by atoms with E-state index in [1.165, 1.54) is 36.4 Å². The largest absolute Gasteiger partial charge is 0.508 e. The summed E-state index contributed by atoms with van der Waals surface area (Å²) >= 11 is 11.7. The van der Waals surface area contributed by atoms with Crippen molar-refractivity contribution in [3.05, 3.63) is 52.0 Å². The van der Waals surface area contributed by atoms with Crippen LogP contribution >= 0.6 is 23.2 Å². The summed E-state index contributed by atoms with van der Waals surface area (Å²) in [7, 11) is -3.85. The second-order valence-electron chi connectivity index (χ2n) is 4.18. The van der Waals surface area contributed by atoms with Crippen LogP contribution in [-0.2, 0) is 10.0 Å². The average molecular weight is 332 g/mol. The van der Waals surface area contributed by atoms with Gasteiger partial charge in [-0.2, -0.15) is 0 Å². The summed E-state index contributed by atoms with van der Waals surface area (Å²) in [6.07, 6.45) is 0. The molecule has 0 bridgehead atoms. The number of anilines is 1. The number of halogens is 2. The second-order valence-corrected chi connectivity index (χ2v) is 6.67. The smallest absolute Gasteiger partial charge is 0.263 e. The van der Waals surface area contributed by atoms with E-state index in [0.29, 0.717) is 11.3 Å². The van der Waals surface area contributed by atoms with Gasteiger partial charge < -0.3 is 5.11 Å². The predicted molar refractivity (Wildman–Crippen MR) is 80.1 cm³/mol. The Morgan fingerprint density at radius 3 is 2.45 bits per heavy atom. The molecular weight excluding hydrogens is 321 g/mol. The third kappa shape index (κ3) is 3.17. The molecule has 4 nitrogen and oxygen atoms in total. The lowest BCUT2D eigenvalue weighted by Gasteiger charge is -2.12. The maximum atomic E-state index is 12.3. The van der Waals surface area contributed by atoms with Gasteiger partial charge in [0, 0.05) is 5.02 Å². The Bertz CT molecular complexity index is 760. The van der Waals surface area contributed by atoms with Gasteiger partial charge in [0.1, 0.15) is 10.6 Å². The zero-order valence-corrected chi connectivity index (χ0v) is 12.7. The zero-order valence-electron chi connectivity index (χ0n) is 10.4. The number of hydrogen-bond acceptors (Lipinski definition) is 3. The van der Waals surface area contributed by atoms with E-state index in [1.54, 1.807) is 6.92 Å². The molecule has 106 valence electrons. The molecule has 0 aliphatic carbocycles. The van der Waals surface area contributed by atoms with Crippen LogP contribution < -0.4 is 4.72 Å². The lowest BCUT2D eigenvalue weighted by molar-refractivity contribution is 0.475. The van der Waals surface area contributed by atoms with Gasteiger partial charge >= 0.3 is 0 Å². The van der Waals surface area contributed by atoms with Crippen molar-refractivity contribution in [2.24, 2.45) is 0 Å². The number of phenols is 1. The minimum Gasteiger partial charge on any atom is -0.508 e. The first-order chi connectivity index (χ1) is 9.29. The number of aromatic hydroxyl groups is 1. The van der Waals surface area contributed by atoms with E-state index < -0.39 is 10.0 Å². The molecule has 0 saturated heterocycles. The first-order valence-electron chi connectivity index (χ1n) is 5.57. The van der Waals surface area contributed by atoms with Gasteiger partial charge in [-0.05, 0) is 48.9 Å². The van der Waals surface area contributed by atoms with E-state index in [1.807, 2.05) is 0 Å². The van der Waals surface area contributed by atoms with Crippen molar-refractivity contribution in [1.82, 2.24) is 0 Å². The van der Waals surface area contributed by atoms with Gasteiger partial charge in [0.2, 0.25) is 0 Å². The van der Waals surface area contributed by atoms with Crippen molar-refractivity contribution >= 4 is 38.9 Å². The van der Waals surface area contributed by atoms with E-state index in [2.05, 4.69) is 4.72 Å². The number of phenolic OH excluding ortho intramolecular Hbond substituents is 1. The number of benzene rings is 2. The van der Waals surface area contributed by atoms with E-state index in [-0.39, 0.29) is 20.7 Å². The van der Waals surface area contributed by atoms with Gasteiger partial charge in [0.25, 0.3) is 10.0 Å². The summed E-state index contributed by atoms with van der Waals surface area (Å²) in [4.78, 5) is -0.0980. The molecular formula is C13H11Cl2NO3S. The van der Waals surface area contributed by atoms with Crippen molar-refractivity contribution in [2.45, 2.75) is 11.8 Å². The third-order valence-corrected chi connectivity index (χ3v) is 4.72. The van der Waals surface area contributed by atoms with Gasteiger partial charge in [0.15, 0.2) is 0 Å².